The van der Waals surface area contributed by atoms with Crippen LogP contribution < -0.4 is 10.1 Å². The Kier molecular flexibility index (Phi) is 5.71. The molecule has 0 aliphatic rings. The average molecular weight is 346 g/mol. The number of ether oxygens (including phenoxy) is 1. The second-order valence-electron chi connectivity index (χ2n) is 4.79. The Hall–Kier alpha value is -1.000. The molecule has 0 saturated carbocycles. The van der Waals surface area contributed by atoms with E-state index in [0.717, 1.165) is 5.69 Å². The predicted molar refractivity (Wildman–Crippen MR) is 87.8 cm³/mol. The van der Waals surface area contributed by atoms with Crippen molar-refractivity contribution in [1.82, 2.24) is 10.3 Å². The zero-order valence-corrected chi connectivity index (χ0v) is 13.9. The van der Waals surface area contributed by atoms with Crippen molar-refractivity contribution >= 4 is 34.8 Å². The van der Waals surface area contributed by atoms with Crippen molar-refractivity contribution in [1.29, 1.82) is 0 Å². The van der Waals surface area contributed by atoms with Crippen molar-refractivity contribution in [2.75, 3.05) is 0 Å². The predicted octanol–water partition coefficient (Wildman–Crippen LogP) is 5.33. The first-order chi connectivity index (χ1) is 9.95. The topological polar surface area (TPSA) is 34.2 Å². The second-order valence-corrected chi connectivity index (χ2v) is 6.04. The first-order valence-corrected chi connectivity index (χ1v) is 7.61. The first-order valence-electron chi connectivity index (χ1n) is 6.47. The summed E-state index contributed by atoms with van der Waals surface area (Å²) in [4.78, 5) is 4.39. The lowest BCUT2D eigenvalue weighted by molar-refractivity contribution is 0.458. The Morgan fingerprint density at radius 3 is 2.52 bits per heavy atom. The molecule has 0 unspecified atom stereocenters. The molecule has 6 heteroatoms. The zero-order valence-electron chi connectivity index (χ0n) is 11.7. The number of hydrogen-bond donors (Lipinski definition) is 1. The van der Waals surface area contributed by atoms with Gasteiger partial charge in [0.25, 0.3) is 0 Å². The van der Waals surface area contributed by atoms with Crippen LogP contribution in [0.25, 0.3) is 0 Å². The Morgan fingerprint density at radius 2 is 1.81 bits per heavy atom. The van der Waals surface area contributed by atoms with Crippen LogP contribution >= 0.6 is 34.8 Å². The molecule has 0 spiro atoms. The van der Waals surface area contributed by atoms with Crippen LogP contribution in [-0.2, 0) is 6.54 Å². The monoisotopic (exact) mass is 344 g/mol. The van der Waals surface area contributed by atoms with Crippen LogP contribution in [0.3, 0.4) is 0 Å². The van der Waals surface area contributed by atoms with Crippen molar-refractivity contribution < 1.29 is 4.74 Å². The van der Waals surface area contributed by atoms with E-state index in [9.17, 15) is 0 Å². The van der Waals surface area contributed by atoms with Gasteiger partial charge in [-0.1, -0.05) is 48.7 Å². The summed E-state index contributed by atoms with van der Waals surface area (Å²) in [5.74, 6) is 0.880. The first kappa shape index (κ1) is 16.4. The summed E-state index contributed by atoms with van der Waals surface area (Å²) in [6, 6.07) is 8.81. The maximum atomic E-state index is 6.13. The molecule has 0 bridgehead atoms. The van der Waals surface area contributed by atoms with Crippen LogP contribution in [0.15, 0.2) is 30.3 Å². The van der Waals surface area contributed by atoms with Crippen LogP contribution in [0.5, 0.6) is 11.6 Å². The molecular weight excluding hydrogens is 331 g/mol. The zero-order chi connectivity index (χ0) is 15.4. The normalized spacial score (nSPS) is 11.0. The van der Waals surface area contributed by atoms with Crippen molar-refractivity contribution in [2.45, 2.75) is 26.4 Å². The van der Waals surface area contributed by atoms with E-state index in [0.29, 0.717) is 39.3 Å². The van der Waals surface area contributed by atoms with Gasteiger partial charge in [0.2, 0.25) is 5.88 Å². The molecule has 1 aromatic carbocycles. The lowest BCUT2D eigenvalue weighted by Crippen LogP contribution is -2.22. The van der Waals surface area contributed by atoms with Gasteiger partial charge in [0.05, 0.1) is 15.7 Å². The summed E-state index contributed by atoms with van der Waals surface area (Å²) >= 11 is 18.1. The SMILES string of the molecule is CC(C)NCc1nc(Oc2cc(Cl)ccc2Cl)ccc1Cl. The van der Waals surface area contributed by atoms with Crippen LogP contribution in [0.2, 0.25) is 15.1 Å². The minimum Gasteiger partial charge on any atom is -0.437 e. The fourth-order valence-electron chi connectivity index (χ4n) is 1.61. The summed E-state index contributed by atoms with van der Waals surface area (Å²) in [6.45, 7) is 4.68. The van der Waals surface area contributed by atoms with E-state index >= 15 is 0 Å². The van der Waals surface area contributed by atoms with E-state index in [1.807, 2.05) is 0 Å². The van der Waals surface area contributed by atoms with Gasteiger partial charge in [-0.05, 0) is 18.2 Å². The fraction of sp³-hybridized carbons (Fsp3) is 0.267. The van der Waals surface area contributed by atoms with Gasteiger partial charge < -0.3 is 10.1 Å². The van der Waals surface area contributed by atoms with Crippen molar-refractivity contribution in [3.63, 3.8) is 0 Å². The van der Waals surface area contributed by atoms with E-state index in [4.69, 9.17) is 39.5 Å². The van der Waals surface area contributed by atoms with Crippen molar-refractivity contribution in [3.05, 3.63) is 51.1 Å². The van der Waals surface area contributed by atoms with Gasteiger partial charge in [0.1, 0.15) is 5.75 Å². The highest BCUT2D eigenvalue weighted by Crippen LogP contribution is 2.31. The third kappa shape index (κ3) is 4.75. The largest absolute Gasteiger partial charge is 0.437 e. The Morgan fingerprint density at radius 1 is 1.10 bits per heavy atom. The number of benzene rings is 1. The fourth-order valence-corrected chi connectivity index (χ4v) is 2.10. The van der Waals surface area contributed by atoms with Gasteiger partial charge in [0.15, 0.2) is 0 Å². The molecule has 1 heterocycles. The van der Waals surface area contributed by atoms with Gasteiger partial charge >= 0.3 is 0 Å². The summed E-state index contributed by atoms with van der Waals surface area (Å²) in [6.07, 6.45) is 0. The number of hydrogen-bond acceptors (Lipinski definition) is 3. The maximum Gasteiger partial charge on any atom is 0.219 e. The maximum absolute atomic E-state index is 6.13. The lowest BCUT2D eigenvalue weighted by Gasteiger charge is -2.11. The van der Waals surface area contributed by atoms with E-state index < -0.39 is 0 Å². The highest BCUT2D eigenvalue weighted by atomic mass is 35.5. The van der Waals surface area contributed by atoms with Gasteiger partial charge in [-0.2, -0.15) is 0 Å². The molecule has 0 aliphatic heterocycles. The number of nitrogens with one attached hydrogen (secondary N) is 1. The summed E-state index contributed by atoms with van der Waals surface area (Å²) in [5.41, 5.74) is 0.723. The van der Waals surface area contributed by atoms with Gasteiger partial charge in [-0.15, -0.1) is 0 Å². The van der Waals surface area contributed by atoms with E-state index in [1.54, 1.807) is 30.3 Å². The van der Waals surface area contributed by atoms with Crippen molar-refractivity contribution in [2.24, 2.45) is 0 Å². The minimum absolute atomic E-state index is 0.342. The molecule has 2 aromatic rings. The smallest absolute Gasteiger partial charge is 0.219 e. The lowest BCUT2D eigenvalue weighted by atomic mass is 10.3. The molecule has 0 amide bonds. The quantitative estimate of drug-likeness (QED) is 0.795. The van der Waals surface area contributed by atoms with Crippen LogP contribution in [-0.4, -0.2) is 11.0 Å². The van der Waals surface area contributed by atoms with Gasteiger partial charge in [-0.25, -0.2) is 4.98 Å². The number of aromatic nitrogens is 1. The molecule has 3 nitrogen and oxygen atoms in total. The number of pyridine rings is 1. The van der Waals surface area contributed by atoms with E-state index in [1.165, 1.54) is 0 Å². The molecule has 0 saturated heterocycles. The minimum atomic E-state index is 0.342. The summed E-state index contributed by atoms with van der Waals surface area (Å²) in [7, 11) is 0. The molecule has 2 rings (SSSR count). The summed E-state index contributed by atoms with van der Waals surface area (Å²) in [5, 5.41) is 4.87. The number of nitrogens with zero attached hydrogens (tertiary/aromatic N) is 1. The molecule has 0 atom stereocenters. The third-order valence-corrected chi connectivity index (χ3v) is 3.57. The molecular formula is C15H15Cl3N2O. The molecule has 0 aliphatic carbocycles. The molecule has 0 radical (unpaired) electrons. The molecule has 112 valence electrons. The van der Waals surface area contributed by atoms with Crippen LogP contribution in [0, 0.1) is 0 Å². The van der Waals surface area contributed by atoms with Gasteiger partial charge in [0, 0.05) is 29.7 Å². The Bertz CT molecular complexity index is 632. The molecule has 1 aromatic heterocycles. The van der Waals surface area contributed by atoms with E-state index in [-0.39, 0.29) is 0 Å². The van der Waals surface area contributed by atoms with Crippen molar-refractivity contribution in [3.8, 4) is 11.6 Å². The number of rotatable bonds is 5. The van der Waals surface area contributed by atoms with Crippen LogP contribution in [0.1, 0.15) is 19.5 Å². The molecule has 0 fully saturated rings. The van der Waals surface area contributed by atoms with Crippen LogP contribution in [0.4, 0.5) is 0 Å². The third-order valence-electron chi connectivity index (χ3n) is 2.68. The van der Waals surface area contributed by atoms with Gasteiger partial charge in [-0.3, -0.25) is 0 Å². The number of halogens is 3. The molecule has 21 heavy (non-hydrogen) atoms. The summed E-state index contributed by atoms with van der Waals surface area (Å²) < 4.78 is 5.68. The Labute approximate surface area is 139 Å². The van der Waals surface area contributed by atoms with E-state index in [2.05, 4.69) is 24.1 Å². The highest BCUT2D eigenvalue weighted by Gasteiger charge is 2.09. The molecule has 1 N–H and O–H groups in total. The average Bonchev–Trinajstić information content (AvgIpc) is 2.43. The standard InChI is InChI=1S/C15H15Cl3N2O/c1-9(2)19-8-13-11(17)5-6-15(20-13)21-14-7-10(16)3-4-12(14)18/h3-7,9,19H,8H2,1-2H3. The second kappa shape index (κ2) is 7.32. The highest BCUT2D eigenvalue weighted by molar-refractivity contribution is 6.34. The Balaban J connectivity index is 2.20.